The number of benzene rings is 1. The van der Waals surface area contributed by atoms with Gasteiger partial charge in [0, 0.05) is 49.4 Å². The van der Waals surface area contributed by atoms with E-state index in [0.717, 1.165) is 24.1 Å². The first-order chi connectivity index (χ1) is 14.6. The fourth-order valence-corrected chi connectivity index (χ4v) is 4.00. The van der Waals surface area contributed by atoms with E-state index in [9.17, 15) is 9.59 Å². The Morgan fingerprint density at radius 3 is 2.20 bits per heavy atom. The molecule has 0 radical (unpaired) electrons. The molecule has 8 nitrogen and oxygen atoms in total. The van der Waals surface area contributed by atoms with Gasteiger partial charge in [-0.15, -0.1) is 10.2 Å². The molecule has 1 N–H and O–H groups in total. The largest absolute Gasteiger partial charge is 0.480 e. The normalized spacial score (nSPS) is 17.1. The lowest BCUT2D eigenvalue weighted by atomic mass is 10.1. The van der Waals surface area contributed by atoms with Crippen molar-refractivity contribution in [1.82, 2.24) is 25.3 Å². The molecule has 0 atom stereocenters. The minimum absolute atomic E-state index is 0.000969. The number of carbonyl (C=O) groups is 2. The number of methoxy groups -OCH3 is 1. The summed E-state index contributed by atoms with van der Waals surface area (Å²) in [5.41, 5.74) is 2.23. The first kappa shape index (κ1) is 20.1. The van der Waals surface area contributed by atoms with Crippen molar-refractivity contribution in [3.05, 3.63) is 42.0 Å². The van der Waals surface area contributed by atoms with Crippen LogP contribution >= 0.6 is 0 Å². The third-order valence-electron chi connectivity index (χ3n) is 5.81. The van der Waals surface area contributed by atoms with Crippen molar-refractivity contribution in [2.24, 2.45) is 0 Å². The topological polar surface area (TPSA) is 87.7 Å². The monoisotopic (exact) mass is 409 g/mol. The van der Waals surface area contributed by atoms with E-state index in [1.54, 1.807) is 13.2 Å². The second-order valence-electron chi connectivity index (χ2n) is 7.75. The standard InChI is InChI=1S/C22H27N5O3/c1-30-20-11-10-19(24-25-20)16-6-8-17(9-7-16)21(28)26-12-14-27(15-13-26)22(29)23-18-4-2-3-5-18/h6-11,18H,2-5,12-15H2,1H3,(H,23,29). The fourth-order valence-electron chi connectivity index (χ4n) is 4.00. The molecule has 158 valence electrons. The summed E-state index contributed by atoms with van der Waals surface area (Å²) in [6.45, 7) is 2.21. The van der Waals surface area contributed by atoms with E-state index in [2.05, 4.69) is 15.5 Å². The zero-order chi connectivity index (χ0) is 20.9. The number of carbonyl (C=O) groups excluding carboxylic acids is 2. The van der Waals surface area contributed by atoms with Crippen molar-refractivity contribution in [3.63, 3.8) is 0 Å². The van der Waals surface area contributed by atoms with Crippen molar-refractivity contribution in [2.45, 2.75) is 31.7 Å². The van der Waals surface area contributed by atoms with Gasteiger partial charge in [-0.25, -0.2) is 4.79 Å². The van der Waals surface area contributed by atoms with Crippen LogP contribution in [0.1, 0.15) is 36.0 Å². The van der Waals surface area contributed by atoms with Gasteiger partial charge in [-0.05, 0) is 31.0 Å². The van der Waals surface area contributed by atoms with Crippen molar-refractivity contribution < 1.29 is 14.3 Å². The number of nitrogens with one attached hydrogen (secondary N) is 1. The SMILES string of the molecule is COc1ccc(-c2ccc(C(=O)N3CCN(C(=O)NC4CCCC4)CC3)cc2)nn1. The van der Waals surface area contributed by atoms with Gasteiger partial charge >= 0.3 is 6.03 Å². The van der Waals surface area contributed by atoms with Crippen LogP contribution in [0, 0.1) is 0 Å². The van der Waals surface area contributed by atoms with Gasteiger partial charge in [0.1, 0.15) is 0 Å². The number of amides is 3. The maximum atomic E-state index is 12.8. The molecule has 0 spiro atoms. The summed E-state index contributed by atoms with van der Waals surface area (Å²) < 4.78 is 5.03. The average Bonchev–Trinajstić information content (AvgIpc) is 3.32. The molecule has 3 amide bonds. The van der Waals surface area contributed by atoms with Crippen LogP contribution in [0.4, 0.5) is 4.79 Å². The number of hydrogen-bond donors (Lipinski definition) is 1. The van der Waals surface area contributed by atoms with Crippen molar-refractivity contribution in [1.29, 1.82) is 0 Å². The molecule has 2 aliphatic rings. The van der Waals surface area contributed by atoms with E-state index in [0.29, 0.717) is 43.7 Å². The lowest BCUT2D eigenvalue weighted by molar-refractivity contribution is 0.0663. The predicted molar refractivity (Wildman–Crippen MR) is 112 cm³/mol. The Bertz CT molecular complexity index is 871. The molecule has 2 heterocycles. The predicted octanol–water partition coefficient (Wildman–Crippen LogP) is 2.56. The molecule has 8 heteroatoms. The van der Waals surface area contributed by atoms with Gasteiger partial charge in [-0.3, -0.25) is 4.79 Å². The van der Waals surface area contributed by atoms with E-state index in [1.165, 1.54) is 12.8 Å². The van der Waals surface area contributed by atoms with Crippen LogP contribution in [0.5, 0.6) is 5.88 Å². The molecule has 2 fully saturated rings. The van der Waals surface area contributed by atoms with Crippen molar-refractivity contribution >= 4 is 11.9 Å². The first-order valence-electron chi connectivity index (χ1n) is 10.5. The minimum atomic E-state index is -0.0155. The smallest absolute Gasteiger partial charge is 0.317 e. The first-order valence-corrected chi connectivity index (χ1v) is 10.5. The van der Waals surface area contributed by atoms with Crippen LogP contribution in [0.3, 0.4) is 0 Å². The summed E-state index contributed by atoms with van der Waals surface area (Å²) in [4.78, 5) is 28.9. The zero-order valence-electron chi connectivity index (χ0n) is 17.2. The van der Waals surface area contributed by atoms with Crippen molar-refractivity contribution in [2.75, 3.05) is 33.3 Å². The highest BCUT2D eigenvalue weighted by Crippen LogP contribution is 2.20. The Kier molecular flexibility index (Phi) is 6.11. The molecule has 4 rings (SSSR count). The number of urea groups is 1. The highest BCUT2D eigenvalue weighted by Gasteiger charge is 2.26. The number of rotatable bonds is 4. The third-order valence-corrected chi connectivity index (χ3v) is 5.81. The van der Waals surface area contributed by atoms with Gasteiger partial charge in [-0.2, -0.15) is 0 Å². The third kappa shape index (κ3) is 4.53. The molecular formula is C22H27N5O3. The Labute approximate surface area is 176 Å². The number of ether oxygens (including phenoxy) is 1. The van der Waals surface area contributed by atoms with Crippen LogP contribution in [0.25, 0.3) is 11.3 Å². The lowest BCUT2D eigenvalue weighted by Gasteiger charge is -2.35. The summed E-state index contributed by atoms with van der Waals surface area (Å²) in [6, 6.07) is 11.3. The summed E-state index contributed by atoms with van der Waals surface area (Å²) in [7, 11) is 1.55. The Morgan fingerprint density at radius 2 is 1.60 bits per heavy atom. The van der Waals surface area contributed by atoms with E-state index >= 15 is 0 Å². The second-order valence-corrected chi connectivity index (χ2v) is 7.75. The minimum Gasteiger partial charge on any atom is -0.480 e. The summed E-state index contributed by atoms with van der Waals surface area (Å²) in [5, 5.41) is 11.2. The van der Waals surface area contributed by atoms with Gasteiger partial charge < -0.3 is 19.9 Å². The maximum absolute atomic E-state index is 12.8. The van der Waals surface area contributed by atoms with E-state index in [-0.39, 0.29) is 11.9 Å². The van der Waals surface area contributed by atoms with Crippen LogP contribution in [-0.4, -0.2) is 71.3 Å². The van der Waals surface area contributed by atoms with Crippen LogP contribution in [0.2, 0.25) is 0 Å². The van der Waals surface area contributed by atoms with E-state index in [4.69, 9.17) is 4.74 Å². The van der Waals surface area contributed by atoms with Gasteiger partial charge in [0.2, 0.25) is 5.88 Å². The molecule has 1 aliphatic heterocycles. The number of hydrogen-bond acceptors (Lipinski definition) is 5. The quantitative estimate of drug-likeness (QED) is 0.839. The Morgan fingerprint density at radius 1 is 0.933 bits per heavy atom. The zero-order valence-corrected chi connectivity index (χ0v) is 17.2. The Balaban J connectivity index is 1.31. The fraction of sp³-hybridized carbons (Fsp3) is 0.455. The number of piperazine rings is 1. The lowest BCUT2D eigenvalue weighted by Crippen LogP contribution is -2.54. The van der Waals surface area contributed by atoms with Crippen LogP contribution in [-0.2, 0) is 0 Å². The molecule has 0 bridgehead atoms. The van der Waals surface area contributed by atoms with Gasteiger partial charge in [0.15, 0.2) is 0 Å². The second kappa shape index (κ2) is 9.11. The van der Waals surface area contributed by atoms with Crippen molar-refractivity contribution in [3.8, 4) is 17.1 Å². The molecule has 0 unspecified atom stereocenters. The molecule has 2 aromatic rings. The van der Waals surface area contributed by atoms with Crippen LogP contribution in [0.15, 0.2) is 36.4 Å². The molecular weight excluding hydrogens is 382 g/mol. The summed E-state index contributed by atoms with van der Waals surface area (Å²) >= 11 is 0. The summed E-state index contributed by atoms with van der Waals surface area (Å²) in [5.74, 6) is 0.444. The highest BCUT2D eigenvalue weighted by molar-refractivity contribution is 5.94. The molecule has 1 saturated heterocycles. The Hall–Kier alpha value is -3.16. The van der Waals surface area contributed by atoms with Gasteiger partial charge in [0.05, 0.1) is 12.8 Å². The molecule has 1 saturated carbocycles. The molecule has 30 heavy (non-hydrogen) atoms. The molecule has 1 aliphatic carbocycles. The van der Waals surface area contributed by atoms with E-state index < -0.39 is 0 Å². The molecule has 1 aromatic heterocycles. The van der Waals surface area contributed by atoms with Gasteiger partial charge in [-0.1, -0.05) is 25.0 Å². The highest BCUT2D eigenvalue weighted by atomic mass is 16.5. The van der Waals surface area contributed by atoms with Crippen LogP contribution < -0.4 is 10.1 Å². The summed E-state index contributed by atoms with van der Waals surface area (Å²) in [6.07, 6.45) is 4.53. The number of aromatic nitrogens is 2. The number of nitrogens with zero attached hydrogens (tertiary/aromatic N) is 4. The van der Waals surface area contributed by atoms with E-state index in [1.807, 2.05) is 40.1 Å². The maximum Gasteiger partial charge on any atom is 0.317 e. The molecule has 1 aromatic carbocycles. The average molecular weight is 409 g/mol. The van der Waals surface area contributed by atoms with Gasteiger partial charge in [0.25, 0.3) is 5.91 Å².